The number of hydrogen-bond acceptors (Lipinski definition) is 3. The van der Waals surface area contributed by atoms with Crippen molar-refractivity contribution >= 4 is 10.0 Å². The van der Waals surface area contributed by atoms with Crippen LogP contribution in [0.5, 0.6) is 0 Å². The first-order valence-corrected chi connectivity index (χ1v) is 8.65. The van der Waals surface area contributed by atoms with Crippen LogP contribution in [0.1, 0.15) is 39.3 Å². The Hall–Kier alpha value is -0.850. The van der Waals surface area contributed by atoms with Crippen LogP contribution in [0.15, 0.2) is 17.2 Å². The van der Waals surface area contributed by atoms with Gasteiger partial charge in [-0.3, -0.25) is 0 Å². The number of aromatic nitrogens is 1. The van der Waals surface area contributed by atoms with Gasteiger partial charge < -0.3 is 9.67 Å². The molecule has 0 amide bonds. The smallest absolute Gasteiger partial charge is 0.244 e. The number of nitrogens with zero attached hydrogens (tertiary/aromatic N) is 2. The zero-order valence-electron chi connectivity index (χ0n) is 12.4. The van der Waals surface area contributed by atoms with E-state index in [2.05, 4.69) is 6.92 Å². The summed E-state index contributed by atoms with van der Waals surface area (Å²) in [5.41, 5.74) is 0.642. The van der Waals surface area contributed by atoms with Gasteiger partial charge in [-0.2, -0.15) is 4.31 Å². The molecular weight excluding hydrogens is 276 g/mol. The van der Waals surface area contributed by atoms with Gasteiger partial charge in [0.05, 0.1) is 6.61 Å². The van der Waals surface area contributed by atoms with E-state index in [0.29, 0.717) is 29.6 Å². The molecule has 2 heterocycles. The van der Waals surface area contributed by atoms with Crippen LogP contribution >= 0.6 is 0 Å². The largest absolute Gasteiger partial charge is 0.390 e. The summed E-state index contributed by atoms with van der Waals surface area (Å²) in [6.07, 6.45) is 3.61. The lowest BCUT2D eigenvalue weighted by atomic mass is 9.97. The Kier molecular flexibility index (Phi) is 4.56. The number of piperidine rings is 1. The minimum Gasteiger partial charge on any atom is -0.390 e. The molecule has 2 unspecified atom stereocenters. The van der Waals surface area contributed by atoms with Crippen molar-refractivity contribution in [1.29, 1.82) is 0 Å². The van der Waals surface area contributed by atoms with Crippen molar-refractivity contribution in [2.45, 2.75) is 57.7 Å². The maximum Gasteiger partial charge on any atom is 0.244 e. The van der Waals surface area contributed by atoms with Gasteiger partial charge in [-0.1, -0.05) is 6.92 Å². The Morgan fingerprint density at radius 3 is 2.60 bits per heavy atom. The molecule has 0 radical (unpaired) electrons. The second kappa shape index (κ2) is 5.87. The molecule has 20 heavy (non-hydrogen) atoms. The van der Waals surface area contributed by atoms with Crippen LogP contribution < -0.4 is 0 Å². The highest BCUT2D eigenvalue weighted by molar-refractivity contribution is 7.89. The Bertz CT molecular complexity index is 543. The summed E-state index contributed by atoms with van der Waals surface area (Å²) in [6.45, 7) is 7.07. The number of aryl methyl sites for hydroxylation is 1. The first-order chi connectivity index (χ1) is 9.40. The molecule has 1 aliphatic rings. The molecule has 0 bridgehead atoms. The molecular formula is C14H24N2O3S. The van der Waals surface area contributed by atoms with E-state index in [1.807, 2.05) is 13.8 Å². The van der Waals surface area contributed by atoms with Gasteiger partial charge in [-0.15, -0.1) is 0 Å². The second-order valence-corrected chi connectivity index (χ2v) is 7.61. The Labute approximate surface area is 121 Å². The summed E-state index contributed by atoms with van der Waals surface area (Å²) in [5.74, 6) is 0.395. The molecule has 2 rings (SSSR count). The highest BCUT2D eigenvalue weighted by Crippen LogP contribution is 2.28. The average molecular weight is 300 g/mol. The molecule has 0 spiro atoms. The van der Waals surface area contributed by atoms with Crippen molar-refractivity contribution in [3.63, 3.8) is 0 Å². The lowest BCUT2D eigenvalue weighted by Gasteiger charge is -2.35. The molecule has 1 saturated heterocycles. The standard InChI is InChI=1S/C14H24N2O3S/c1-4-15-9-14(7-13(15)10-17)20(18,19)16-8-11(2)5-6-12(16)3/h7,9,11-12,17H,4-6,8,10H2,1-3H3. The Balaban J connectivity index is 2.36. The summed E-state index contributed by atoms with van der Waals surface area (Å²) in [7, 11) is -3.46. The summed E-state index contributed by atoms with van der Waals surface area (Å²) in [4.78, 5) is 0.296. The molecule has 1 aromatic heterocycles. The molecule has 0 saturated carbocycles. The number of rotatable bonds is 4. The van der Waals surface area contributed by atoms with Gasteiger partial charge in [0.2, 0.25) is 10.0 Å². The summed E-state index contributed by atoms with van der Waals surface area (Å²) < 4.78 is 28.9. The zero-order valence-corrected chi connectivity index (χ0v) is 13.2. The van der Waals surface area contributed by atoms with E-state index in [0.717, 1.165) is 12.8 Å². The van der Waals surface area contributed by atoms with Crippen molar-refractivity contribution in [3.05, 3.63) is 18.0 Å². The van der Waals surface area contributed by atoms with Gasteiger partial charge in [-0.05, 0) is 38.7 Å². The van der Waals surface area contributed by atoms with Crippen molar-refractivity contribution in [2.24, 2.45) is 5.92 Å². The van der Waals surface area contributed by atoms with E-state index >= 15 is 0 Å². The molecule has 0 aromatic carbocycles. The highest BCUT2D eigenvalue weighted by atomic mass is 32.2. The highest BCUT2D eigenvalue weighted by Gasteiger charge is 2.34. The predicted octanol–water partition coefficient (Wildman–Crippen LogP) is 1.81. The van der Waals surface area contributed by atoms with Crippen LogP contribution in [0.4, 0.5) is 0 Å². The van der Waals surface area contributed by atoms with Crippen LogP contribution in [0.2, 0.25) is 0 Å². The fourth-order valence-corrected chi connectivity index (χ4v) is 4.66. The average Bonchev–Trinajstić information content (AvgIpc) is 2.85. The predicted molar refractivity (Wildman–Crippen MR) is 77.8 cm³/mol. The molecule has 2 atom stereocenters. The third-order valence-corrected chi connectivity index (χ3v) is 6.08. The third kappa shape index (κ3) is 2.77. The number of sulfonamides is 1. The quantitative estimate of drug-likeness (QED) is 0.922. The maximum atomic E-state index is 12.8. The van der Waals surface area contributed by atoms with Gasteiger partial charge in [0.1, 0.15) is 4.90 Å². The first kappa shape index (κ1) is 15.5. The van der Waals surface area contributed by atoms with E-state index in [1.54, 1.807) is 21.1 Å². The molecule has 114 valence electrons. The Morgan fingerprint density at radius 1 is 1.35 bits per heavy atom. The van der Waals surface area contributed by atoms with Crippen LogP contribution in [0, 0.1) is 5.92 Å². The van der Waals surface area contributed by atoms with E-state index in [4.69, 9.17) is 0 Å². The first-order valence-electron chi connectivity index (χ1n) is 7.21. The Morgan fingerprint density at radius 2 is 2.05 bits per heavy atom. The number of hydrogen-bond donors (Lipinski definition) is 1. The van der Waals surface area contributed by atoms with Crippen molar-refractivity contribution in [3.8, 4) is 0 Å². The van der Waals surface area contributed by atoms with E-state index in [-0.39, 0.29) is 12.6 Å². The van der Waals surface area contributed by atoms with Gasteiger partial charge in [0.15, 0.2) is 0 Å². The van der Waals surface area contributed by atoms with Gasteiger partial charge in [0, 0.05) is 31.0 Å². The fraction of sp³-hybridized carbons (Fsp3) is 0.714. The van der Waals surface area contributed by atoms with Gasteiger partial charge >= 0.3 is 0 Å². The lowest BCUT2D eigenvalue weighted by Crippen LogP contribution is -2.44. The normalized spacial score (nSPS) is 25.0. The lowest BCUT2D eigenvalue weighted by molar-refractivity contribution is 0.218. The van der Waals surface area contributed by atoms with Crippen molar-refractivity contribution in [1.82, 2.24) is 8.87 Å². The summed E-state index contributed by atoms with van der Waals surface area (Å²) in [6, 6.07) is 1.63. The molecule has 1 N–H and O–H groups in total. The van der Waals surface area contributed by atoms with Crippen LogP contribution in [-0.4, -0.2) is 35.0 Å². The van der Waals surface area contributed by atoms with E-state index < -0.39 is 10.0 Å². The molecule has 6 heteroatoms. The minimum atomic E-state index is -3.46. The number of aliphatic hydroxyl groups excluding tert-OH is 1. The summed E-state index contributed by atoms with van der Waals surface area (Å²) in [5, 5.41) is 9.30. The van der Waals surface area contributed by atoms with E-state index in [1.165, 1.54) is 0 Å². The van der Waals surface area contributed by atoms with Crippen LogP contribution in [0.3, 0.4) is 0 Å². The van der Waals surface area contributed by atoms with Crippen molar-refractivity contribution in [2.75, 3.05) is 6.54 Å². The van der Waals surface area contributed by atoms with Crippen LogP contribution in [0.25, 0.3) is 0 Å². The van der Waals surface area contributed by atoms with E-state index in [9.17, 15) is 13.5 Å². The molecule has 1 aromatic rings. The second-order valence-electron chi connectivity index (χ2n) is 5.72. The molecule has 1 aliphatic heterocycles. The maximum absolute atomic E-state index is 12.8. The van der Waals surface area contributed by atoms with Gasteiger partial charge in [0.25, 0.3) is 0 Å². The fourth-order valence-electron chi connectivity index (χ4n) is 2.81. The van der Waals surface area contributed by atoms with Gasteiger partial charge in [-0.25, -0.2) is 8.42 Å². The zero-order chi connectivity index (χ0) is 14.9. The van der Waals surface area contributed by atoms with Crippen molar-refractivity contribution < 1.29 is 13.5 Å². The summed E-state index contributed by atoms with van der Waals surface area (Å²) >= 11 is 0. The molecule has 1 fully saturated rings. The van der Waals surface area contributed by atoms with Crippen LogP contribution in [-0.2, 0) is 23.2 Å². The minimum absolute atomic E-state index is 0.0405. The molecule has 0 aliphatic carbocycles. The topological polar surface area (TPSA) is 62.5 Å². The SMILES string of the molecule is CCn1cc(S(=O)(=O)N2CC(C)CCC2C)cc1CO. The number of aliphatic hydroxyl groups is 1. The third-order valence-electron chi connectivity index (χ3n) is 4.13. The molecule has 5 nitrogen and oxygen atoms in total. The monoisotopic (exact) mass is 300 g/mol.